The van der Waals surface area contributed by atoms with Gasteiger partial charge in [0.1, 0.15) is 0 Å². The summed E-state index contributed by atoms with van der Waals surface area (Å²) in [6, 6.07) is 25.7. The first-order chi connectivity index (χ1) is 31.6. The van der Waals surface area contributed by atoms with Gasteiger partial charge < -0.3 is 50.7 Å². The van der Waals surface area contributed by atoms with E-state index in [4.69, 9.17) is 0 Å². The van der Waals surface area contributed by atoms with Crippen molar-refractivity contribution >= 4 is 37.7 Å². The third kappa shape index (κ3) is 39.4. The Hall–Kier alpha value is -4.38. The molecule has 0 N–H and O–H groups in total. The molecule has 400 valence electrons. The fourth-order valence-corrected chi connectivity index (χ4v) is 4.16. The molecule has 0 aliphatic rings. The Kier molecular flexibility index (Phi) is 56.1. The van der Waals surface area contributed by atoms with Gasteiger partial charge >= 0.3 is 68.3 Å². The number of para-hydroxylation sites is 4. The molecule has 0 fully saturated rings. The van der Waals surface area contributed by atoms with Gasteiger partial charge in [-0.2, -0.15) is 0 Å². The van der Waals surface area contributed by atoms with Gasteiger partial charge in [-0.05, 0) is 47.9 Å². The summed E-state index contributed by atoms with van der Waals surface area (Å²) in [4.78, 5) is 38.0. The largest absolute Gasteiger partial charge is 2.00 e. The fraction of sp³-hybridized carbons (Fsp3) is 0.400. The van der Waals surface area contributed by atoms with E-state index in [-0.39, 0.29) is 142 Å². The van der Waals surface area contributed by atoms with E-state index in [1.807, 2.05) is 27.7 Å². The Morgan fingerprint density at radius 1 is 0.386 bits per heavy atom. The van der Waals surface area contributed by atoms with Crippen molar-refractivity contribution in [3.63, 3.8) is 0 Å². The van der Waals surface area contributed by atoms with Crippen LogP contribution in [0.4, 0.5) is 0 Å². The van der Waals surface area contributed by atoms with Gasteiger partial charge in [0.25, 0.3) is 0 Å². The smallest absolute Gasteiger partial charge is 0.872 e. The van der Waals surface area contributed by atoms with Gasteiger partial charge in [0.15, 0.2) is 0 Å². The third-order valence-electron chi connectivity index (χ3n) is 8.45. The topological polar surface area (TPSA) is 275 Å². The molecule has 0 spiro atoms. The van der Waals surface area contributed by atoms with E-state index in [0.717, 1.165) is 12.8 Å². The number of nitrogens with zero attached hydrogens (tertiary/aromatic N) is 6. The van der Waals surface area contributed by atoms with E-state index >= 15 is 0 Å². The average molecular weight is 1170 g/mol. The minimum absolute atomic E-state index is 0. The van der Waals surface area contributed by atoms with Gasteiger partial charge in [0.05, 0.1) is 0 Å². The van der Waals surface area contributed by atoms with Crippen LogP contribution < -0.4 is 40.9 Å². The van der Waals surface area contributed by atoms with Crippen LogP contribution in [-0.4, -0.2) is 126 Å². The summed E-state index contributed by atoms with van der Waals surface area (Å²) in [5.74, 6) is -0.233. The molecule has 0 saturated heterocycles. The maximum atomic E-state index is 11.2. The number of carbonyl (C=O) groups is 2. The van der Waals surface area contributed by atoms with Crippen LogP contribution in [0.1, 0.15) is 75.6 Å². The molecule has 4 aromatic rings. The average Bonchev–Trinajstić information content (AvgIpc) is 3.33. The fourth-order valence-electron chi connectivity index (χ4n) is 4.16. The van der Waals surface area contributed by atoms with Crippen LogP contribution in [0.15, 0.2) is 117 Å². The van der Waals surface area contributed by atoms with E-state index in [1.54, 1.807) is 101 Å². The Labute approximate surface area is 457 Å². The standard InChI is InChI=1S/4C11H14NO2.2C3H7NO.4Cu/c4*1-2-10(8-13)12-7-9-5-3-4-6-11(9)14;2*1-4(2)3-5;;;;/h4*3-7,10,14H,2,8H2,1H3;2*3H,1-2H3;;;;/q4*-1;;;4*+2/p-4/t4*10-;;;;;;/m1100....../s1. The van der Waals surface area contributed by atoms with Crippen LogP contribution in [-0.2, 0) is 77.9 Å². The first-order valence-electron chi connectivity index (χ1n) is 21.4. The second kappa shape index (κ2) is 51.0. The predicted octanol–water partition coefficient (Wildman–Crippen LogP) is 0.671. The number of amides is 2. The van der Waals surface area contributed by atoms with Crippen molar-refractivity contribution in [3.8, 4) is 23.0 Å². The summed E-state index contributed by atoms with van der Waals surface area (Å²) in [6.07, 6.45) is 10.3. The van der Waals surface area contributed by atoms with E-state index in [2.05, 4.69) is 20.0 Å². The van der Waals surface area contributed by atoms with Crippen LogP contribution in [0, 0.1) is 0 Å². The minimum atomic E-state index is -0.228. The van der Waals surface area contributed by atoms with E-state index in [1.165, 1.54) is 58.9 Å². The van der Waals surface area contributed by atoms with Crippen molar-refractivity contribution in [2.45, 2.75) is 77.5 Å². The number of carbonyl (C=O) groups excluding carboxylic acids is 2. The molecule has 0 heterocycles. The second-order valence-electron chi connectivity index (χ2n) is 14.3. The van der Waals surface area contributed by atoms with E-state index in [0.29, 0.717) is 47.9 Å². The van der Waals surface area contributed by atoms with Gasteiger partial charge in [0, 0.05) is 77.2 Å². The van der Waals surface area contributed by atoms with Crippen LogP contribution in [0.5, 0.6) is 23.0 Å². The number of hydrogen-bond donors (Lipinski definition) is 0. The Morgan fingerprint density at radius 2 is 0.543 bits per heavy atom. The summed E-state index contributed by atoms with van der Waals surface area (Å²) >= 11 is 0. The second-order valence-corrected chi connectivity index (χ2v) is 14.3. The van der Waals surface area contributed by atoms with Gasteiger partial charge in [-0.25, -0.2) is 0 Å². The number of benzene rings is 4. The number of aliphatic imine (C=N–C) groups is 4. The van der Waals surface area contributed by atoms with Gasteiger partial charge in [-0.15, -0.1) is 49.4 Å². The first-order valence-corrected chi connectivity index (χ1v) is 21.4. The Bertz CT molecular complexity index is 1700. The van der Waals surface area contributed by atoms with Crippen LogP contribution in [0.2, 0.25) is 0 Å². The predicted molar refractivity (Wildman–Crippen MR) is 249 cm³/mol. The van der Waals surface area contributed by atoms with Crippen LogP contribution in [0.25, 0.3) is 0 Å². The van der Waals surface area contributed by atoms with Crippen molar-refractivity contribution < 1.29 is 119 Å². The summed E-state index contributed by atoms with van der Waals surface area (Å²) in [7, 11) is 6.75. The van der Waals surface area contributed by atoms with Gasteiger partial charge in [0.2, 0.25) is 12.8 Å². The molecular weight excluding hydrogens is 1100 g/mol. The molecule has 4 radical (unpaired) electrons. The first kappa shape index (κ1) is 77.1. The molecular formula is C50H66Cu4N6O10. The van der Waals surface area contributed by atoms with E-state index in [9.17, 15) is 50.4 Å². The SMILES string of the molecule is CC[C@@H](C[O-])N=Cc1ccccc1[O-].CC[C@@H](C[O-])N=Cc1ccccc1[O-].CC[C@H](C[O-])N=Cc1ccccc1[O-].CC[C@H](C[O-])N=Cc1ccccc1[O-].CN(C)C=O.CN(C)C=O.[Cu+2].[Cu+2].[Cu+2].[Cu+2]. The molecule has 0 aliphatic carbocycles. The molecule has 0 unspecified atom stereocenters. The van der Waals surface area contributed by atoms with Gasteiger partial charge in [-0.1, -0.05) is 125 Å². The van der Waals surface area contributed by atoms with Crippen molar-refractivity contribution in [1.29, 1.82) is 0 Å². The molecule has 16 nitrogen and oxygen atoms in total. The zero-order valence-corrected chi connectivity index (χ0v) is 44.4. The molecule has 0 bridgehead atoms. The van der Waals surface area contributed by atoms with E-state index < -0.39 is 0 Å². The molecule has 0 aliphatic heterocycles. The molecule has 2 amide bonds. The normalized spacial score (nSPS) is 11.6. The zero-order valence-electron chi connectivity index (χ0n) is 40.6. The summed E-state index contributed by atoms with van der Waals surface area (Å²) in [5.41, 5.74) is 2.16. The summed E-state index contributed by atoms with van der Waals surface area (Å²) in [6.45, 7) is 6.71. The maximum absolute atomic E-state index is 11.2. The van der Waals surface area contributed by atoms with Crippen LogP contribution in [0.3, 0.4) is 0 Å². The molecule has 4 rings (SSSR count). The quantitative estimate of drug-likeness (QED) is 0.0763. The molecule has 0 aromatic heterocycles. The third-order valence-corrected chi connectivity index (χ3v) is 8.45. The molecule has 70 heavy (non-hydrogen) atoms. The number of rotatable bonds is 18. The summed E-state index contributed by atoms with van der Waals surface area (Å²) in [5, 5.41) is 87.3. The number of hydrogen-bond acceptors (Lipinski definition) is 14. The molecule has 4 aromatic carbocycles. The van der Waals surface area contributed by atoms with Crippen molar-refractivity contribution in [2.75, 3.05) is 54.6 Å². The van der Waals surface area contributed by atoms with Crippen molar-refractivity contribution in [3.05, 3.63) is 119 Å². The maximum Gasteiger partial charge on any atom is 2.00 e. The molecule has 4 atom stereocenters. The zero-order chi connectivity index (χ0) is 50.1. The van der Waals surface area contributed by atoms with Crippen LogP contribution >= 0.6 is 0 Å². The molecule has 20 heteroatoms. The van der Waals surface area contributed by atoms with Crippen molar-refractivity contribution in [2.24, 2.45) is 20.0 Å². The molecule has 0 saturated carbocycles. The summed E-state index contributed by atoms with van der Waals surface area (Å²) < 4.78 is 0. The monoisotopic (exact) mass is 1160 g/mol. The minimum Gasteiger partial charge on any atom is -0.872 e. The van der Waals surface area contributed by atoms with Crippen molar-refractivity contribution in [1.82, 2.24) is 9.80 Å². The van der Waals surface area contributed by atoms with Gasteiger partial charge in [-0.3, -0.25) is 29.6 Å². The Morgan fingerprint density at radius 3 is 0.657 bits per heavy atom. The Balaban J connectivity index is -0.000000180.